The van der Waals surface area contributed by atoms with Crippen LogP contribution in [0.4, 0.5) is 10.5 Å². The lowest BCUT2D eigenvalue weighted by atomic mass is 9.93. The molecule has 0 bridgehead atoms. The van der Waals surface area contributed by atoms with E-state index in [4.69, 9.17) is 11.6 Å². The quantitative estimate of drug-likeness (QED) is 0.719. The Bertz CT molecular complexity index is 892. The van der Waals surface area contributed by atoms with Gasteiger partial charge in [0.15, 0.2) is 0 Å². The molecule has 0 atom stereocenters. The van der Waals surface area contributed by atoms with Crippen LogP contribution < -0.4 is 10.6 Å². The summed E-state index contributed by atoms with van der Waals surface area (Å²) in [5.41, 5.74) is 1.97. The normalized spacial score (nSPS) is 18.3. The number of rotatable bonds is 5. The van der Waals surface area contributed by atoms with E-state index in [2.05, 4.69) is 20.5 Å². The predicted molar refractivity (Wildman–Crippen MR) is 125 cm³/mol. The van der Waals surface area contributed by atoms with Gasteiger partial charge in [-0.3, -0.25) is 14.7 Å². The van der Waals surface area contributed by atoms with Gasteiger partial charge in [0.1, 0.15) is 0 Å². The molecule has 7 nitrogen and oxygen atoms in total. The van der Waals surface area contributed by atoms with Crippen molar-refractivity contribution < 1.29 is 9.59 Å². The lowest BCUT2D eigenvalue weighted by Crippen LogP contribution is -2.50. The Morgan fingerprint density at radius 3 is 2.25 bits per heavy atom. The third-order valence-electron chi connectivity index (χ3n) is 6.34. The summed E-state index contributed by atoms with van der Waals surface area (Å²) in [6, 6.07) is 11.0. The molecule has 32 heavy (non-hydrogen) atoms. The fourth-order valence-corrected chi connectivity index (χ4v) is 4.60. The maximum Gasteiger partial charge on any atom is 0.319 e. The van der Waals surface area contributed by atoms with Gasteiger partial charge in [-0.2, -0.15) is 0 Å². The third kappa shape index (κ3) is 6.20. The molecule has 3 amide bonds. The van der Waals surface area contributed by atoms with Crippen LogP contribution in [0.5, 0.6) is 0 Å². The highest BCUT2D eigenvalue weighted by Crippen LogP contribution is 2.23. The van der Waals surface area contributed by atoms with Gasteiger partial charge in [0.25, 0.3) is 0 Å². The smallest absolute Gasteiger partial charge is 0.319 e. The highest BCUT2D eigenvalue weighted by atomic mass is 35.5. The van der Waals surface area contributed by atoms with Crippen molar-refractivity contribution >= 4 is 29.2 Å². The van der Waals surface area contributed by atoms with Crippen LogP contribution in [0.1, 0.15) is 31.2 Å². The van der Waals surface area contributed by atoms with Crippen molar-refractivity contribution in [1.82, 2.24) is 20.1 Å². The van der Waals surface area contributed by atoms with Gasteiger partial charge >= 0.3 is 6.03 Å². The standard InChI is InChI=1S/C24H30ClN5O2/c25-20-1-3-21(4-2-20)27-24(32)28-22-9-15-30(16-10-22)23(31)19-7-13-29(14-8-19)17-18-5-11-26-12-6-18/h1-6,11-12,19,22H,7-10,13-17H2,(H2,27,28,32). The molecule has 2 aliphatic heterocycles. The minimum absolute atomic E-state index is 0.0774. The van der Waals surface area contributed by atoms with E-state index in [0.717, 1.165) is 45.3 Å². The van der Waals surface area contributed by atoms with Crippen molar-refractivity contribution in [1.29, 1.82) is 0 Å². The number of hydrogen-bond donors (Lipinski definition) is 2. The molecular weight excluding hydrogens is 426 g/mol. The first-order chi connectivity index (χ1) is 15.6. The zero-order valence-electron chi connectivity index (χ0n) is 18.2. The lowest BCUT2D eigenvalue weighted by Gasteiger charge is -2.37. The van der Waals surface area contributed by atoms with Crippen LogP contribution in [0.3, 0.4) is 0 Å². The number of likely N-dealkylation sites (tertiary alicyclic amines) is 2. The number of carbonyl (C=O) groups is 2. The van der Waals surface area contributed by atoms with Crippen LogP contribution >= 0.6 is 11.6 Å². The number of pyridine rings is 1. The van der Waals surface area contributed by atoms with Crippen LogP contribution in [-0.4, -0.2) is 58.9 Å². The van der Waals surface area contributed by atoms with Crippen LogP contribution in [0.15, 0.2) is 48.8 Å². The molecule has 0 radical (unpaired) electrons. The SMILES string of the molecule is O=C(Nc1ccc(Cl)cc1)NC1CCN(C(=O)C2CCN(Cc3ccncc3)CC2)CC1. The average Bonchev–Trinajstić information content (AvgIpc) is 2.82. The van der Waals surface area contributed by atoms with Gasteiger partial charge < -0.3 is 15.5 Å². The minimum atomic E-state index is -0.223. The van der Waals surface area contributed by atoms with E-state index in [9.17, 15) is 9.59 Å². The second kappa shape index (κ2) is 10.8. The number of benzene rings is 1. The number of hydrogen-bond acceptors (Lipinski definition) is 4. The molecule has 1 aromatic carbocycles. The zero-order valence-corrected chi connectivity index (χ0v) is 18.9. The molecular formula is C24H30ClN5O2. The highest BCUT2D eigenvalue weighted by Gasteiger charge is 2.31. The van der Waals surface area contributed by atoms with E-state index in [1.165, 1.54) is 5.56 Å². The van der Waals surface area contributed by atoms with Crippen LogP contribution in [0.2, 0.25) is 5.02 Å². The van der Waals surface area contributed by atoms with Crippen LogP contribution in [-0.2, 0) is 11.3 Å². The van der Waals surface area contributed by atoms with E-state index >= 15 is 0 Å². The Labute approximate surface area is 194 Å². The first-order valence-corrected chi connectivity index (χ1v) is 11.7. The number of aromatic nitrogens is 1. The first kappa shape index (κ1) is 22.6. The van der Waals surface area contributed by atoms with Gasteiger partial charge in [-0.1, -0.05) is 11.6 Å². The molecule has 3 heterocycles. The second-order valence-electron chi connectivity index (χ2n) is 8.61. The summed E-state index contributed by atoms with van der Waals surface area (Å²) in [6.07, 6.45) is 7.02. The number of amides is 3. The van der Waals surface area contributed by atoms with Crippen molar-refractivity contribution in [3.8, 4) is 0 Å². The number of urea groups is 1. The van der Waals surface area contributed by atoms with Crippen molar-refractivity contribution in [2.75, 3.05) is 31.5 Å². The number of piperidine rings is 2. The summed E-state index contributed by atoms with van der Waals surface area (Å²) in [5.74, 6) is 0.388. The van der Waals surface area contributed by atoms with Gasteiger partial charge in [0, 0.05) is 54.7 Å². The second-order valence-corrected chi connectivity index (χ2v) is 9.05. The summed E-state index contributed by atoms with van der Waals surface area (Å²) in [4.78, 5) is 33.7. The fourth-order valence-electron chi connectivity index (χ4n) is 4.47. The molecule has 8 heteroatoms. The molecule has 4 rings (SSSR count). The Hall–Kier alpha value is -2.64. The van der Waals surface area contributed by atoms with E-state index < -0.39 is 0 Å². The summed E-state index contributed by atoms with van der Waals surface area (Å²) in [7, 11) is 0. The maximum atomic E-state index is 13.0. The maximum absolute atomic E-state index is 13.0. The number of nitrogens with one attached hydrogen (secondary N) is 2. The number of anilines is 1. The summed E-state index contributed by atoms with van der Waals surface area (Å²) < 4.78 is 0. The monoisotopic (exact) mass is 455 g/mol. The van der Waals surface area contributed by atoms with E-state index in [1.807, 2.05) is 29.4 Å². The van der Waals surface area contributed by atoms with Gasteiger partial charge in [0.2, 0.25) is 5.91 Å². The van der Waals surface area contributed by atoms with E-state index in [-0.39, 0.29) is 23.9 Å². The Morgan fingerprint density at radius 2 is 1.59 bits per heavy atom. The Morgan fingerprint density at radius 1 is 0.938 bits per heavy atom. The number of nitrogens with zero attached hydrogens (tertiary/aromatic N) is 3. The molecule has 2 fully saturated rings. The van der Waals surface area contributed by atoms with E-state index in [0.29, 0.717) is 23.8 Å². The number of carbonyl (C=O) groups excluding carboxylic acids is 2. The molecule has 0 unspecified atom stereocenters. The third-order valence-corrected chi connectivity index (χ3v) is 6.59. The fraction of sp³-hybridized carbons (Fsp3) is 0.458. The highest BCUT2D eigenvalue weighted by molar-refractivity contribution is 6.30. The van der Waals surface area contributed by atoms with Crippen molar-refractivity contribution in [2.45, 2.75) is 38.3 Å². The average molecular weight is 456 g/mol. The summed E-state index contributed by atoms with van der Waals surface area (Å²) in [5, 5.41) is 6.48. The van der Waals surface area contributed by atoms with Gasteiger partial charge in [-0.05, 0) is 80.7 Å². The molecule has 2 N–H and O–H groups in total. The first-order valence-electron chi connectivity index (χ1n) is 11.3. The lowest BCUT2D eigenvalue weighted by molar-refractivity contribution is -0.138. The molecule has 1 aromatic heterocycles. The van der Waals surface area contributed by atoms with Gasteiger partial charge in [0.05, 0.1) is 0 Å². The van der Waals surface area contributed by atoms with Crippen molar-refractivity contribution in [2.24, 2.45) is 5.92 Å². The van der Waals surface area contributed by atoms with Crippen molar-refractivity contribution in [3.05, 3.63) is 59.4 Å². The van der Waals surface area contributed by atoms with Gasteiger partial charge in [-0.15, -0.1) is 0 Å². The molecule has 2 saturated heterocycles. The Kier molecular flexibility index (Phi) is 7.60. The minimum Gasteiger partial charge on any atom is -0.342 e. The Balaban J connectivity index is 1.17. The topological polar surface area (TPSA) is 77.6 Å². The van der Waals surface area contributed by atoms with E-state index in [1.54, 1.807) is 24.3 Å². The molecule has 170 valence electrons. The summed E-state index contributed by atoms with van der Waals surface area (Å²) in [6.45, 7) is 4.20. The molecule has 0 saturated carbocycles. The predicted octanol–water partition coefficient (Wildman–Crippen LogP) is 3.76. The molecule has 0 spiro atoms. The summed E-state index contributed by atoms with van der Waals surface area (Å²) >= 11 is 5.87. The van der Waals surface area contributed by atoms with Crippen molar-refractivity contribution in [3.63, 3.8) is 0 Å². The van der Waals surface area contributed by atoms with Gasteiger partial charge in [-0.25, -0.2) is 4.79 Å². The molecule has 2 aliphatic rings. The van der Waals surface area contributed by atoms with Crippen LogP contribution in [0, 0.1) is 5.92 Å². The molecule has 0 aliphatic carbocycles. The number of halogens is 1. The molecule has 2 aromatic rings. The van der Waals surface area contributed by atoms with Crippen LogP contribution in [0.25, 0.3) is 0 Å². The largest absolute Gasteiger partial charge is 0.342 e. The zero-order chi connectivity index (χ0) is 22.3.